The molecule has 0 saturated heterocycles. The van der Waals surface area contributed by atoms with E-state index in [1.54, 1.807) is 12.1 Å². The fraction of sp³-hybridized carbons (Fsp3) is 0. The fourth-order valence-electron chi connectivity index (χ4n) is 0.438. The van der Waals surface area contributed by atoms with E-state index in [9.17, 15) is 0 Å². The van der Waals surface area contributed by atoms with E-state index >= 15 is 0 Å². The van der Waals surface area contributed by atoms with E-state index in [0.29, 0.717) is 5.69 Å². The van der Waals surface area contributed by atoms with Crippen molar-refractivity contribution in [3.05, 3.63) is 36.1 Å². The molecular formula is C6H6NW-. The molecule has 0 bridgehead atoms. The second kappa shape index (κ2) is 3.68. The molecule has 0 fully saturated rings. The molecule has 0 aromatic heterocycles. The van der Waals surface area contributed by atoms with Crippen LogP contribution in [0.2, 0.25) is 0 Å². The Labute approximate surface area is 63.2 Å². The first-order valence-corrected chi connectivity index (χ1v) is 2.16. The van der Waals surface area contributed by atoms with Crippen LogP contribution in [0.25, 0.3) is 5.73 Å². The van der Waals surface area contributed by atoms with Gasteiger partial charge in [-0.15, -0.1) is 5.69 Å². The van der Waals surface area contributed by atoms with E-state index in [4.69, 9.17) is 5.73 Å². The zero-order chi connectivity index (χ0) is 5.11. The molecule has 0 atom stereocenters. The third kappa shape index (κ3) is 2.13. The van der Waals surface area contributed by atoms with Gasteiger partial charge in [0, 0.05) is 21.1 Å². The zero-order valence-corrected chi connectivity index (χ0v) is 7.23. The van der Waals surface area contributed by atoms with Gasteiger partial charge in [-0.25, -0.2) is 0 Å². The Balaban J connectivity index is 0.000000490. The van der Waals surface area contributed by atoms with Crippen LogP contribution in [0, 0.1) is 0 Å². The number of hydrogen-bond donors (Lipinski definition) is 0. The Morgan fingerprint density at radius 3 is 1.75 bits per heavy atom. The summed E-state index contributed by atoms with van der Waals surface area (Å²) in [5.74, 6) is 0. The molecule has 8 heavy (non-hydrogen) atoms. The molecule has 0 unspecified atom stereocenters. The first kappa shape index (κ1) is 7.71. The Kier molecular flexibility index (Phi) is 3.54. The van der Waals surface area contributed by atoms with Crippen LogP contribution in [-0.2, 0) is 21.1 Å². The Hall–Kier alpha value is -0.292. The van der Waals surface area contributed by atoms with E-state index in [2.05, 4.69) is 0 Å². The molecule has 2 heteroatoms. The molecule has 42 valence electrons. The number of hydrogen-bond acceptors (Lipinski definition) is 0. The van der Waals surface area contributed by atoms with Crippen LogP contribution >= 0.6 is 0 Å². The standard InChI is InChI=1S/C6H6N.W/c7-6-4-2-1-3-5-6;/h1-5,7H;/q-1;. The first-order valence-electron chi connectivity index (χ1n) is 2.16. The minimum Gasteiger partial charge on any atom is -0.699 e. The molecule has 1 aromatic rings. The van der Waals surface area contributed by atoms with Gasteiger partial charge in [0.25, 0.3) is 0 Å². The summed E-state index contributed by atoms with van der Waals surface area (Å²) in [6, 6.07) is 9.10. The minimum atomic E-state index is 0. The van der Waals surface area contributed by atoms with Gasteiger partial charge in [-0.1, -0.05) is 30.3 Å². The van der Waals surface area contributed by atoms with E-state index in [1.165, 1.54) is 0 Å². The van der Waals surface area contributed by atoms with Gasteiger partial charge in [0.1, 0.15) is 0 Å². The topological polar surface area (TPSA) is 23.8 Å². The molecule has 1 nitrogen and oxygen atoms in total. The largest absolute Gasteiger partial charge is 0.699 e. The smallest absolute Gasteiger partial charge is 0 e. The van der Waals surface area contributed by atoms with Crippen molar-refractivity contribution in [3.8, 4) is 0 Å². The second-order valence-corrected chi connectivity index (χ2v) is 1.37. The molecule has 0 aliphatic heterocycles. The number of rotatable bonds is 0. The van der Waals surface area contributed by atoms with Gasteiger partial charge in [-0.2, -0.15) is 0 Å². The average molecular weight is 276 g/mol. The van der Waals surface area contributed by atoms with Crippen LogP contribution in [0.3, 0.4) is 0 Å². The van der Waals surface area contributed by atoms with Gasteiger partial charge < -0.3 is 5.73 Å². The molecule has 0 saturated carbocycles. The van der Waals surface area contributed by atoms with Gasteiger partial charge in [-0.05, 0) is 0 Å². The Bertz CT molecular complexity index is 138. The van der Waals surface area contributed by atoms with Crippen LogP contribution in [0.5, 0.6) is 0 Å². The van der Waals surface area contributed by atoms with Crippen molar-refractivity contribution in [2.45, 2.75) is 0 Å². The molecule has 0 spiro atoms. The molecule has 0 amide bonds. The zero-order valence-electron chi connectivity index (χ0n) is 4.29. The van der Waals surface area contributed by atoms with E-state index in [1.807, 2.05) is 18.2 Å². The fourth-order valence-corrected chi connectivity index (χ4v) is 0.438. The van der Waals surface area contributed by atoms with Crippen LogP contribution in [-0.4, -0.2) is 0 Å². The minimum absolute atomic E-state index is 0. The van der Waals surface area contributed by atoms with Crippen LogP contribution in [0.15, 0.2) is 30.3 Å². The van der Waals surface area contributed by atoms with Crippen molar-refractivity contribution < 1.29 is 21.1 Å². The average Bonchev–Trinajstić information content (AvgIpc) is 1.69. The van der Waals surface area contributed by atoms with E-state index in [0.717, 1.165) is 0 Å². The summed E-state index contributed by atoms with van der Waals surface area (Å²) in [4.78, 5) is 0. The molecule has 0 radical (unpaired) electrons. The molecular weight excluding hydrogens is 270 g/mol. The molecule has 1 rings (SSSR count). The summed E-state index contributed by atoms with van der Waals surface area (Å²) < 4.78 is 0. The quantitative estimate of drug-likeness (QED) is 0.694. The second-order valence-electron chi connectivity index (χ2n) is 1.37. The molecule has 0 heterocycles. The summed E-state index contributed by atoms with van der Waals surface area (Å²) in [6.45, 7) is 0. The predicted octanol–water partition coefficient (Wildman–Crippen LogP) is 2.37. The van der Waals surface area contributed by atoms with Crippen molar-refractivity contribution >= 4 is 5.69 Å². The van der Waals surface area contributed by atoms with Gasteiger partial charge in [-0.3, -0.25) is 0 Å². The third-order valence-electron chi connectivity index (χ3n) is 0.774. The van der Waals surface area contributed by atoms with Crippen molar-refractivity contribution in [2.24, 2.45) is 0 Å². The van der Waals surface area contributed by atoms with E-state index in [-0.39, 0.29) is 21.1 Å². The maximum Gasteiger partial charge on any atom is 0 e. The monoisotopic (exact) mass is 276 g/mol. The van der Waals surface area contributed by atoms with Gasteiger partial charge >= 0.3 is 0 Å². The molecule has 0 aliphatic carbocycles. The van der Waals surface area contributed by atoms with Crippen molar-refractivity contribution in [2.75, 3.05) is 0 Å². The van der Waals surface area contributed by atoms with Gasteiger partial charge in [0.05, 0.1) is 0 Å². The summed E-state index contributed by atoms with van der Waals surface area (Å²) in [7, 11) is 0. The van der Waals surface area contributed by atoms with Crippen LogP contribution < -0.4 is 0 Å². The Morgan fingerprint density at radius 2 is 1.50 bits per heavy atom. The predicted molar refractivity (Wildman–Crippen MR) is 30.4 cm³/mol. The number of benzene rings is 1. The third-order valence-corrected chi connectivity index (χ3v) is 0.774. The van der Waals surface area contributed by atoms with Crippen molar-refractivity contribution in [1.29, 1.82) is 0 Å². The SMILES string of the molecule is [NH-]c1ccccc1.[W]. The van der Waals surface area contributed by atoms with Crippen LogP contribution in [0.4, 0.5) is 5.69 Å². The molecule has 0 aliphatic rings. The summed E-state index contributed by atoms with van der Waals surface area (Å²) in [5.41, 5.74) is 7.57. The molecule has 1 N–H and O–H groups in total. The van der Waals surface area contributed by atoms with E-state index < -0.39 is 0 Å². The van der Waals surface area contributed by atoms with Gasteiger partial charge in [0.15, 0.2) is 0 Å². The first-order chi connectivity index (χ1) is 3.39. The summed E-state index contributed by atoms with van der Waals surface area (Å²) >= 11 is 0. The van der Waals surface area contributed by atoms with Crippen molar-refractivity contribution in [1.82, 2.24) is 0 Å². The Morgan fingerprint density at radius 1 is 1.00 bits per heavy atom. The summed E-state index contributed by atoms with van der Waals surface area (Å²) in [5, 5.41) is 0. The summed E-state index contributed by atoms with van der Waals surface area (Å²) in [6.07, 6.45) is 0. The maximum absolute atomic E-state index is 7.00. The normalized spacial score (nSPS) is 7.50. The van der Waals surface area contributed by atoms with Crippen LogP contribution in [0.1, 0.15) is 0 Å². The number of nitrogens with one attached hydrogen (secondary N) is 1. The van der Waals surface area contributed by atoms with Crippen molar-refractivity contribution in [3.63, 3.8) is 0 Å². The van der Waals surface area contributed by atoms with Gasteiger partial charge in [0.2, 0.25) is 0 Å². The maximum atomic E-state index is 7.00. The molecule has 1 aromatic carbocycles.